The number of aryl methyl sites for hydroxylation is 1. The average molecular weight is 151 g/mol. The van der Waals surface area contributed by atoms with Gasteiger partial charge in [0.05, 0.1) is 0 Å². The number of benzene rings is 1. The second-order valence-electron chi connectivity index (χ2n) is 2.24. The number of nitrogens with two attached hydrogens (primary N) is 1. The monoisotopic (exact) mass is 151 g/mol. The molecule has 1 aromatic carbocycles. The van der Waals surface area contributed by atoms with Crippen LogP contribution in [0.15, 0.2) is 18.2 Å². The third kappa shape index (κ3) is 1.70. The van der Waals surface area contributed by atoms with Gasteiger partial charge < -0.3 is 10.5 Å². The van der Waals surface area contributed by atoms with Crippen LogP contribution in [0.1, 0.15) is 5.56 Å². The van der Waals surface area contributed by atoms with Crippen molar-refractivity contribution >= 4 is 12.2 Å². The molecule has 1 aromatic rings. The highest BCUT2D eigenvalue weighted by atomic mass is 16.5. The van der Waals surface area contributed by atoms with E-state index in [0.717, 1.165) is 5.56 Å². The predicted octanol–water partition coefficient (Wildman–Crippen LogP) is 1.11. The van der Waals surface area contributed by atoms with Gasteiger partial charge in [-0.1, -0.05) is 0 Å². The molecule has 58 valence electrons. The first kappa shape index (κ1) is 7.60. The number of rotatable bonds is 2. The Morgan fingerprint density at radius 1 is 1.55 bits per heavy atom. The topological polar surface area (TPSA) is 52.3 Å². The van der Waals surface area contributed by atoms with Crippen LogP contribution in [0.4, 0.5) is 5.69 Å². The van der Waals surface area contributed by atoms with E-state index < -0.39 is 0 Å². The largest absolute Gasteiger partial charge is 0.428 e. The first-order valence-electron chi connectivity index (χ1n) is 3.20. The maximum absolute atomic E-state index is 9.96. The summed E-state index contributed by atoms with van der Waals surface area (Å²) in [6.45, 7) is 2.23. The highest BCUT2D eigenvalue weighted by Gasteiger charge is 1.97. The zero-order chi connectivity index (χ0) is 8.27. The Labute approximate surface area is 64.8 Å². The van der Waals surface area contributed by atoms with Crippen LogP contribution in [-0.4, -0.2) is 6.47 Å². The molecule has 0 unspecified atom stereocenters. The summed E-state index contributed by atoms with van der Waals surface area (Å²) in [5.74, 6) is 0.550. The highest BCUT2D eigenvalue weighted by molar-refractivity contribution is 5.52. The van der Waals surface area contributed by atoms with Gasteiger partial charge in [-0.05, 0) is 30.7 Å². The molecule has 0 aliphatic carbocycles. The number of hydrogen-bond acceptors (Lipinski definition) is 3. The van der Waals surface area contributed by atoms with E-state index in [1.807, 2.05) is 6.92 Å². The van der Waals surface area contributed by atoms with Crippen LogP contribution in [0, 0.1) is 6.92 Å². The molecule has 0 aromatic heterocycles. The van der Waals surface area contributed by atoms with E-state index in [1.165, 1.54) is 0 Å². The molecular formula is C8H9NO2. The van der Waals surface area contributed by atoms with Crippen molar-refractivity contribution in [3.05, 3.63) is 23.8 Å². The van der Waals surface area contributed by atoms with Gasteiger partial charge in [-0.3, -0.25) is 4.79 Å². The first-order chi connectivity index (χ1) is 5.24. The molecule has 0 saturated carbocycles. The van der Waals surface area contributed by atoms with Gasteiger partial charge in [0, 0.05) is 5.69 Å². The van der Waals surface area contributed by atoms with Gasteiger partial charge >= 0.3 is 0 Å². The van der Waals surface area contributed by atoms with E-state index in [1.54, 1.807) is 18.2 Å². The Bertz CT molecular complexity index is 271. The summed E-state index contributed by atoms with van der Waals surface area (Å²) in [4.78, 5) is 9.96. The fraction of sp³-hybridized carbons (Fsp3) is 0.125. The minimum atomic E-state index is 0.401. The van der Waals surface area contributed by atoms with Crippen LogP contribution in [-0.2, 0) is 4.79 Å². The Morgan fingerprint density at radius 2 is 2.27 bits per heavy atom. The minimum absolute atomic E-state index is 0.401. The number of carbonyl (C=O) groups is 1. The van der Waals surface area contributed by atoms with Crippen LogP contribution in [0.3, 0.4) is 0 Å². The standard InChI is InChI=1S/C8H9NO2/c1-6-4-7(9)2-3-8(6)11-5-10/h2-5H,9H2,1H3. The Hall–Kier alpha value is -1.51. The molecule has 0 radical (unpaired) electrons. The SMILES string of the molecule is Cc1cc(N)ccc1OC=O. The van der Waals surface area contributed by atoms with Gasteiger partial charge in [0.2, 0.25) is 0 Å². The van der Waals surface area contributed by atoms with E-state index in [0.29, 0.717) is 17.9 Å². The summed E-state index contributed by atoms with van der Waals surface area (Å²) >= 11 is 0. The number of nitrogen functional groups attached to an aromatic ring is 1. The lowest BCUT2D eigenvalue weighted by Crippen LogP contribution is -1.92. The van der Waals surface area contributed by atoms with Crippen molar-refractivity contribution in [1.29, 1.82) is 0 Å². The molecule has 1 rings (SSSR count). The molecule has 3 heteroatoms. The average Bonchev–Trinajstić information content (AvgIpc) is 1.95. The summed E-state index contributed by atoms with van der Waals surface area (Å²) in [6.07, 6.45) is 0. The zero-order valence-corrected chi connectivity index (χ0v) is 6.20. The third-order valence-corrected chi connectivity index (χ3v) is 1.37. The summed E-state index contributed by atoms with van der Waals surface area (Å²) in [5.41, 5.74) is 7.01. The van der Waals surface area contributed by atoms with Crippen LogP contribution in [0.25, 0.3) is 0 Å². The fourth-order valence-corrected chi connectivity index (χ4v) is 0.857. The van der Waals surface area contributed by atoms with Crippen molar-refractivity contribution in [2.24, 2.45) is 0 Å². The summed E-state index contributed by atoms with van der Waals surface area (Å²) in [6, 6.07) is 5.10. The Kier molecular flexibility index (Phi) is 2.11. The Morgan fingerprint density at radius 3 is 2.82 bits per heavy atom. The van der Waals surface area contributed by atoms with E-state index in [-0.39, 0.29) is 0 Å². The van der Waals surface area contributed by atoms with E-state index in [2.05, 4.69) is 4.74 Å². The van der Waals surface area contributed by atoms with Gasteiger partial charge in [0.1, 0.15) is 5.75 Å². The molecule has 0 aliphatic rings. The predicted molar refractivity (Wildman–Crippen MR) is 42.3 cm³/mol. The lowest BCUT2D eigenvalue weighted by molar-refractivity contribution is -0.120. The minimum Gasteiger partial charge on any atom is -0.428 e. The number of ether oxygens (including phenoxy) is 1. The maximum Gasteiger partial charge on any atom is 0.298 e. The van der Waals surface area contributed by atoms with Gasteiger partial charge in [-0.25, -0.2) is 0 Å². The summed E-state index contributed by atoms with van der Waals surface area (Å²) in [5, 5.41) is 0. The molecule has 11 heavy (non-hydrogen) atoms. The molecule has 0 fully saturated rings. The molecule has 2 N–H and O–H groups in total. The Balaban J connectivity index is 2.98. The van der Waals surface area contributed by atoms with Crippen molar-refractivity contribution in [1.82, 2.24) is 0 Å². The summed E-state index contributed by atoms with van der Waals surface area (Å²) < 4.78 is 4.66. The van der Waals surface area contributed by atoms with Crippen LogP contribution >= 0.6 is 0 Å². The number of carbonyl (C=O) groups excluding carboxylic acids is 1. The smallest absolute Gasteiger partial charge is 0.298 e. The van der Waals surface area contributed by atoms with Crippen LogP contribution < -0.4 is 10.5 Å². The lowest BCUT2D eigenvalue weighted by atomic mass is 10.2. The molecule has 0 heterocycles. The molecule has 0 amide bonds. The molecule has 0 saturated heterocycles. The second kappa shape index (κ2) is 3.05. The van der Waals surface area contributed by atoms with Crippen molar-refractivity contribution in [3.8, 4) is 5.75 Å². The molecule has 3 nitrogen and oxygen atoms in total. The first-order valence-corrected chi connectivity index (χ1v) is 3.20. The van der Waals surface area contributed by atoms with Crippen LogP contribution in [0.5, 0.6) is 5.75 Å². The van der Waals surface area contributed by atoms with Gasteiger partial charge in [-0.15, -0.1) is 0 Å². The molecule has 0 atom stereocenters. The van der Waals surface area contributed by atoms with Crippen molar-refractivity contribution in [3.63, 3.8) is 0 Å². The van der Waals surface area contributed by atoms with Gasteiger partial charge in [-0.2, -0.15) is 0 Å². The zero-order valence-electron chi connectivity index (χ0n) is 6.20. The van der Waals surface area contributed by atoms with Gasteiger partial charge in [0.25, 0.3) is 6.47 Å². The van der Waals surface area contributed by atoms with Crippen LogP contribution in [0.2, 0.25) is 0 Å². The van der Waals surface area contributed by atoms with Crippen molar-refractivity contribution < 1.29 is 9.53 Å². The maximum atomic E-state index is 9.96. The lowest BCUT2D eigenvalue weighted by Gasteiger charge is -2.02. The van der Waals surface area contributed by atoms with Crippen molar-refractivity contribution in [2.75, 3.05) is 5.73 Å². The number of anilines is 1. The summed E-state index contributed by atoms with van der Waals surface area (Å²) in [7, 11) is 0. The van der Waals surface area contributed by atoms with Gasteiger partial charge in [0.15, 0.2) is 0 Å². The molecule has 0 spiro atoms. The molecule has 0 bridgehead atoms. The normalized spacial score (nSPS) is 9.18. The van der Waals surface area contributed by atoms with E-state index in [9.17, 15) is 4.79 Å². The van der Waals surface area contributed by atoms with E-state index >= 15 is 0 Å². The molecular weight excluding hydrogens is 142 g/mol. The van der Waals surface area contributed by atoms with Crippen molar-refractivity contribution in [2.45, 2.75) is 6.92 Å². The second-order valence-corrected chi connectivity index (χ2v) is 2.24. The number of hydrogen-bond donors (Lipinski definition) is 1. The third-order valence-electron chi connectivity index (χ3n) is 1.37. The quantitative estimate of drug-likeness (QED) is 0.509. The highest BCUT2D eigenvalue weighted by Crippen LogP contribution is 2.19. The fourth-order valence-electron chi connectivity index (χ4n) is 0.857. The molecule has 0 aliphatic heterocycles. The van der Waals surface area contributed by atoms with E-state index in [4.69, 9.17) is 5.73 Å².